The van der Waals surface area contributed by atoms with Gasteiger partial charge >= 0.3 is 5.97 Å². The van der Waals surface area contributed by atoms with Crippen molar-refractivity contribution >= 4 is 55.9 Å². The van der Waals surface area contributed by atoms with Gasteiger partial charge in [-0.15, -0.1) is 0 Å². The second kappa shape index (κ2) is 9.07. The lowest BCUT2D eigenvalue weighted by Gasteiger charge is -2.09. The smallest absolute Gasteiger partial charge is 0.339 e. The molecule has 0 fully saturated rings. The van der Waals surface area contributed by atoms with E-state index in [4.69, 9.17) is 16.3 Å². The van der Waals surface area contributed by atoms with Crippen LogP contribution in [0.1, 0.15) is 26.3 Å². The van der Waals surface area contributed by atoms with Crippen molar-refractivity contribution in [3.63, 3.8) is 0 Å². The van der Waals surface area contributed by atoms with Crippen LogP contribution >= 0.6 is 22.9 Å². The summed E-state index contributed by atoms with van der Waals surface area (Å²) in [6, 6.07) is 20.1. The van der Waals surface area contributed by atoms with E-state index in [0.717, 1.165) is 10.2 Å². The van der Waals surface area contributed by atoms with E-state index in [9.17, 15) is 14.4 Å². The molecule has 1 amide bonds. The van der Waals surface area contributed by atoms with Crippen molar-refractivity contribution in [2.24, 2.45) is 0 Å². The van der Waals surface area contributed by atoms with Crippen molar-refractivity contribution in [1.82, 2.24) is 4.98 Å². The average Bonchev–Trinajstić information content (AvgIpc) is 3.19. The van der Waals surface area contributed by atoms with Crippen LogP contribution in [0.2, 0.25) is 5.02 Å². The van der Waals surface area contributed by atoms with Crippen LogP contribution in [-0.2, 0) is 9.53 Å². The lowest BCUT2D eigenvalue weighted by molar-refractivity contribution is -0.119. The third kappa shape index (κ3) is 4.79. The molecule has 0 radical (unpaired) electrons. The van der Waals surface area contributed by atoms with Gasteiger partial charge in [-0.1, -0.05) is 53.3 Å². The molecule has 1 N–H and O–H groups in total. The molecular formula is C23H15ClN2O4S. The third-order valence-corrected chi connectivity index (χ3v) is 5.58. The maximum Gasteiger partial charge on any atom is 0.339 e. The number of hydrogen-bond acceptors (Lipinski definition) is 6. The molecule has 1 heterocycles. The third-order valence-electron chi connectivity index (χ3n) is 4.37. The van der Waals surface area contributed by atoms with E-state index in [0.29, 0.717) is 15.7 Å². The topological polar surface area (TPSA) is 85.4 Å². The van der Waals surface area contributed by atoms with E-state index < -0.39 is 18.5 Å². The van der Waals surface area contributed by atoms with E-state index in [1.54, 1.807) is 36.4 Å². The first-order chi connectivity index (χ1) is 15.0. The zero-order chi connectivity index (χ0) is 21.8. The first-order valence-corrected chi connectivity index (χ1v) is 10.4. The van der Waals surface area contributed by atoms with Gasteiger partial charge in [0.25, 0.3) is 5.91 Å². The average molecular weight is 451 g/mol. The second-order valence-corrected chi connectivity index (χ2v) is 7.96. The number of carbonyl (C=O) groups is 3. The number of anilines is 1. The summed E-state index contributed by atoms with van der Waals surface area (Å²) in [6.45, 7) is -0.502. The zero-order valence-corrected chi connectivity index (χ0v) is 17.6. The highest BCUT2D eigenvalue weighted by Crippen LogP contribution is 2.25. The van der Waals surface area contributed by atoms with Crippen molar-refractivity contribution in [3.05, 3.63) is 94.5 Å². The summed E-state index contributed by atoms with van der Waals surface area (Å²) < 4.78 is 6.07. The highest BCUT2D eigenvalue weighted by Gasteiger charge is 2.20. The van der Waals surface area contributed by atoms with Crippen LogP contribution < -0.4 is 5.32 Å². The Balaban J connectivity index is 1.43. The number of esters is 1. The fraction of sp³-hybridized carbons (Fsp3) is 0.0435. The normalized spacial score (nSPS) is 10.6. The fourth-order valence-corrected chi connectivity index (χ4v) is 3.91. The monoisotopic (exact) mass is 450 g/mol. The molecule has 154 valence electrons. The number of fused-ring (bicyclic) bond motifs is 1. The number of halogens is 1. The molecule has 0 saturated heterocycles. The minimum absolute atomic E-state index is 0.0789. The maximum absolute atomic E-state index is 12.8. The SMILES string of the molecule is O=C(COC(=O)c1ccccc1C(=O)c1ccc(Cl)cc1)Nc1nc2ccccc2s1. The summed E-state index contributed by atoms with van der Waals surface area (Å²) in [5.41, 5.74) is 1.42. The van der Waals surface area contributed by atoms with Gasteiger partial charge in [-0.05, 0) is 42.5 Å². The predicted molar refractivity (Wildman–Crippen MR) is 120 cm³/mol. The minimum Gasteiger partial charge on any atom is -0.452 e. The number of hydrogen-bond donors (Lipinski definition) is 1. The number of nitrogens with zero attached hydrogens (tertiary/aromatic N) is 1. The highest BCUT2D eigenvalue weighted by atomic mass is 35.5. The number of benzene rings is 3. The summed E-state index contributed by atoms with van der Waals surface area (Å²) in [4.78, 5) is 41.9. The van der Waals surface area contributed by atoms with Crippen molar-refractivity contribution < 1.29 is 19.1 Å². The molecule has 0 aliphatic heterocycles. The number of ether oxygens (including phenoxy) is 1. The van der Waals surface area contributed by atoms with Gasteiger partial charge in [0.2, 0.25) is 0 Å². The van der Waals surface area contributed by atoms with Gasteiger partial charge in [0, 0.05) is 16.1 Å². The Hall–Kier alpha value is -3.55. The number of ketones is 1. The lowest BCUT2D eigenvalue weighted by atomic mass is 9.98. The molecule has 31 heavy (non-hydrogen) atoms. The van der Waals surface area contributed by atoms with Gasteiger partial charge in [-0.25, -0.2) is 9.78 Å². The first-order valence-electron chi connectivity index (χ1n) is 9.23. The molecule has 1 aromatic heterocycles. The lowest BCUT2D eigenvalue weighted by Crippen LogP contribution is -2.22. The van der Waals surface area contributed by atoms with E-state index in [1.165, 1.54) is 23.5 Å². The molecule has 0 saturated carbocycles. The highest BCUT2D eigenvalue weighted by molar-refractivity contribution is 7.22. The minimum atomic E-state index is -0.766. The molecule has 8 heteroatoms. The van der Waals surface area contributed by atoms with E-state index in [2.05, 4.69) is 10.3 Å². The quantitative estimate of drug-likeness (QED) is 0.331. The van der Waals surface area contributed by atoms with Crippen LogP contribution in [0.25, 0.3) is 10.2 Å². The van der Waals surface area contributed by atoms with Crippen molar-refractivity contribution in [2.45, 2.75) is 0 Å². The van der Waals surface area contributed by atoms with E-state index in [1.807, 2.05) is 24.3 Å². The molecule has 0 unspecified atom stereocenters. The number of carbonyl (C=O) groups excluding carboxylic acids is 3. The van der Waals surface area contributed by atoms with Crippen LogP contribution in [0, 0.1) is 0 Å². The molecule has 4 aromatic rings. The molecule has 3 aromatic carbocycles. The largest absolute Gasteiger partial charge is 0.452 e. The number of rotatable bonds is 6. The van der Waals surface area contributed by atoms with E-state index >= 15 is 0 Å². The standard InChI is InChI=1S/C23H15ClN2O4S/c24-15-11-9-14(10-12-15)21(28)16-5-1-2-6-17(16)22(29)30-13-20(27)26-23-25-18-7-3-4-8-19(18)31-23/h1-12H,13H2,(H,25,26,27). The first kappa shape index (κ1) is 20.7. The van der Waals surface area contributed by atoms with Gasteiger partial charge in [0.1, 0.15) is 0 Å². The van der Waals surface area contributed by atoms with Crippen LogP contribution in [0.15, 0.2) is 72.8 Å². The van der Waals surface area contributed by atoms with Crippen LogP contribution in [0.3, 0.4) is 0 Å². The van der Waals surface area contributed by atoms with Crippen LogP contribution in [0.5, 0.6) is 0 Å². The molecule has 0 spiro atoms. The second-order valence-electron chi connectivity index (χ2n) is 6.49. The number of aromatic nitrogens is 1. The van der Waals surface area contributed by atoms with Crippen LogP contribution in [0.4, 0.5) is 5.13 Å². The van der Waals surface area contributed by atoms with Gasteiger partial charge in [-0.2, -0.15) is 0 Å². The molecule has 0 aliphatic carbocycles. The Kier molecular flexibility index (Phi) is 6.06. The number of amides is 1. The fourth-order valence-electron chi connectivity index (χ4n) is 2.91. The summed E-state index contributed by atoms with van der Waals surface area (Å²) >= 11 is 7.19. The van der Waals surface area contributed by atoms with E-state index in [-0.39, 0.29) is 16.9 Å². The van der Waals surface area contributed by atoms with Crippen LogP contribution in [-0.4, -0.2) is 29.3 Å². The summed E-state index contributed by atoms with van der Waals surface area (Å²) in [5.74, 6) is -1.63. The molecule has 0 bridgehead atoms. The Labute approximate surface area is 186 Å². The van der Waals surface area contributed by atoms with Crippen molar-refractivity contribution in [3.8, 4) is 0 Å². The Morgan fingerprint density at radius 3 is 2.32 bits per heavy atom. The summed E-state index contributed by atoms with van der Waals surface area (Å²) in [7, 11) is 0. The number of para-hydroxylation sites is 1. The molecule has 6 nitrogen and oxygen atoms in total. The van der Waals surface area contributed by atoms with Crippen molar-refractivity contribution in [2.75, 3.05) is 11.9 Å². The Morgan fingerprint density at radius 1 is 0.903 bits per heavy atom. The molecule has 0 aliphatic rings. The number of thiazole rings is 1. The van der Waals surface area contributed by atoms with Gasteiger partial charge in [-0.3, -0.25) is 14.9 Å². The summed E-state index contributed by atoms with van der Waals surface area (Å²) in [6.07, 6.45) is 0. The Bertz CT molecular complexity index is 1250. The van der Waals surface area contributed by atoms with Gasteiger partial charge < -0.3 is 4.74 Å². The summed E-state index contributed by atoms with van der Waals surface area (Å²) in [5, 5.41) is 3.54. The Morgan fingerprint density at radius 2 is 1.58 bits per heavy atom. The van der Waals surface area contributed by atoms with Gasteiger partial charge in [0.05, 0.1) is 15.8 Å². The zero-order valence-electron chi connectivity index (χ0n) is 16.0. The molecular weight excluding hydrogens is 436 g/mol. The predicted octanol–water partition coefficient (Wildman–Crippen LogP) is 4.98. The van der Waals surface area contributed by atoms with Crippen molar-refractivity contribution in [1.29, 1.82) is 0 Å². The number of nitrogens with one attached hydrogen (secondary N) is 1. The maximum atomic E-state index is 12.8. The molecule has 4 rings (SSSR count). The molecule has 0 atom stereocenters. The van der Waals surface area contributed by atoms with Gasteiger partial charge in [0.15, 0.2) is 17.5 Å².